The fourth-order valence-corrected chi connectivity index (χ4v) is 4.94. The summed E-state index contributed by atoms with van der Waals surface area (Å²) in [5.74, 6) is -0.209. The van der Waals surface area contributed by atoms with Gasteiger partial charge in [0.15, 0.2) is 17.0 Å². The lowest BCUT2D eigenvalue weighted by molar-refractivity contribution is -0.135. The zero-order valence-corrected chi connectivity index (χ0v) is 16.2. The molecular formula is C25H22O4. The van der Waals surface area contributed by atoms with Crippen molar-refractivity contribution in [1.82, 2.24) is 0 Å². The second-order valence-electron chi connectivity index (χ2n) is 7.96. The van der Waals surface area contributed by atoms with Crippen molar-refractivity contribution in [3.63, 3.8) is 0 Å². The zero-order chi connectivity index (χ0) is 20.8. The molecule has 1 heterocycles. The van der Waals surface area contributed by atoms with Gasteiger partial charge in [-0.05, 0) is 25.7 Å². The van der Waals surface area contributed by atoms with Crippen LogP contribution < -0.4 is 5.43 Å². The zero-order valence-electron chi connectivity index (χ0n) is 16.2. The fraction of sp³-hybridized carbons (Fsp3) is 0.240. The topological polar surface area (TPSA) is 64.3 Å². The minimum atomic E-state index is -1.34. The van der Waals surface area contributed by atoms with Crippen LogP contribution in [0, 0.1) is 5.41 Å². The maximum absolute atomic E-state index is 13.8. The van der Waals surface area contributed by atoms with Crippen LogP contribution in [-0.4, -0.2) is 11.6 Å². The number of fused-ring (bicyclic) bond motifs is 4. The largest absolute Gasteiger partial charge is 0.459 e. The van der Waals surface area contributed by atoms with Crippen LogP contribution in [-0.2, 0) is 10.2 Å². The number of carbonyl (C=O) groups is 2. The van der Waals surface area contributed by atoms with Crippen molar-refractivity contribution in [2.24, 2.45) is 5.41 Å². The number of hydrogen-bond acceptors (Lipinski definition) is 4. The summed E-state index contributed by atoms with van der Waals surface area (Å²) in [7, 11) is 0. The molecule has 29 heavy (non-hydrogen) atoms. The Balaban J connectivity index is 2.08. The van der Waals surface area contributed by atoms with E-state index >= 15 is 0 Å². The molecule has 1 fully saturated rings. The van der Waals surface area contributed by atoms with Crippen LogP contribution in [0.25, 0.3) is 11.3 Å². The molecule has 2 aliphatic carbocycles. The van der Waals surface area contributed by atoms with Crippen molar-refractivity contribution in [2.75, 3.05) is 0 Å². The number of benzene rings is 1. The summed E-state index contributed by atoms with van der Waals surface area (Å²) in [4.78, 5) is 40.4. The Morgan fingerprint density at radius 1 is 0.966 bits per heavy atom. The molecule has 4 heteroatoms. The fourth-order valence-electron chi connectivity index (χ4n) is 4.94. The molecule has 2 aliphatic rings. The molecular weight excluding hydrogens is 364 g/mol. The smallest absolute Gasteiger partial charge is 0.196 e. The maximum atomic E-state index is 13.8. The van der Waals surface area contributed by atoms with Crippen molar-refractivity contribution >= 4 is 11.6 Å². The number of carbonyl (C=O) groups excluding carboxylic acids is 2. The van der Waals surface area contributed by atoms with E-state index < -0.39 is 22.0 Å². The predicted octanol–water partition coefficient (Wildman–Crippen LogP) is 4.80. The monoisotopic (exact) mass is 386 g/mol. The number of allylic oxidation sites excluding steroid dienone is 3. The highest BCUT2D eigenvalue weighted by Crippen LogP contribution is 2.56. The van der Waals surface area contributed by atoms with Crippen molar-refractivity contribution in [3.8, 4) is 11.3 Å². The quantitative estimate of drug-likeness (QED) is 0.547. The van der Waals surface area contributed by atoms with Crippen LogP contribution >= 0.6 is 0 Å². The molecule has 2 atom stereocenters. The lowest BCUT2D eigenvalue weighted by Crippen LogP contribution is -2.59. The Morgan fingerprint density at radius 3 is 2.24 bits per heavy atom. The molecule has 0 spiro atoms. The highest BCUT2D eigenvalue weighted by atomic mass is 16.3. The highest BCUT2D eigenvalue weighted by molar-refractivity contribution is 6.22. The predicted molar refractivity (Wildman–Crippen MR) is 112 cm³/mol. The summed E-state index contributed by atoms with van der Waals surface area (Å²) in [5, 5.41) is 0. The summed E-state index contributed by atoms with van der Waals surface area (Å²) in [5.41, 5.74) is -1.42. The molecule has 4 nitrogen and oxygen atoms in total. The molecule has 1 aromatic heterocycles. The van der Waals surface area contributed by atoms with Gasteiger partial charge in [0.2, 0.25) is 0 Å². The van der Waals surface area contributed by atoms with E-state index in [9.17, 15) is 14.4 Å². The summed E-state index contributed by atoms with van der Waals surface area (Å²) in [6.07, 6.45) is 4.21. The van der Waals surface area contributed by atoms with E-state index in [0.717, 1.165) is 5.57 Å². The van der Waals surface area contributed by atoms with E-state index in [2.05, 4.69) is 19.7 Å². The minimum absolute atomic E-state index is 0.0134. The minimum Gasteiger partial charge on any atom is -0.459 e. The molecule has 0 amide bonds. The van der Waals surface area contributed by atoms with E-state index in [0.29, 0.717) is 17.7 Å². The number of hydrogen-bond donors (Lipinski definition) is 0. The Labute approximate surface area is 169 Å². The van der Waals surface area contributed by atoms with Gasteiger partial charge in [-0.15, -0.1) is 13.2 Å². The first-order valence-electron chi connectivity index (χ1n) is 9.62. The SMILES string of the molecule is C=CC[C@]12CC(=C)C[C@](CC=C)(C1=O)c1oc(-c3ccccc3)cc(=O)c1C2=O. The molecule has 4 rings (SSSR count). The second kappa shape index (κ2) is 6.66. The van der Waals surface area contributed by atoms with E-state index in [-0.39, 0.29) is 36.4 Å². The van der Waals surface area contributed by atoms with Gasteiger partial charge in [-0.25, -0.2) is 0 Å². The van der Waals surface area contributed by atoms with Gasteiger partial charge in [-0.3, -0.25) is 14.4 Å². The van der Waals surface area contributed by atoms with Gasteiger partial charge < -0.3 is 4.42 Å². The van der Waals surface area contributed by atoms with Crippen LogP contribution in [0.2, 0.25) is 0 Å². The molecule has 0 saturated heterocycles. The van der Waals surface area contributed by atoms with Crippen molar-refractivity contribution in [3.05, 3.63) is 95.4 Å². The van der Waals surface area contributed by atoms with Crippen LogP contribution in [0.3, 0.4) is 0 Å². The number of rotatable bonds is 5. The van der Waals surface area contributed by atoms with Crippen LogP contribution in [0.4, 0.5) is 0 Å². The van der Waals surface area contributed by atoms with Gasteiger partial charge in [-0.1, -0.05) is 54.6 Å². The Bertz CT molecular complexity index is 1120. The van der Waals surface area contributed by atoms with Gasteiger partial charge in [0.05, 0.1) is 5.41 Å². The molecule has 0 N–H and O–H groups in total. The third-order valence-electron chi connectivity index (χ3n) is 6.06. The second-order valence-corrected chi connectivity index (χ2v) is 7.96. The van der Waals surface area contributed by atoms with Gasteiger partial charge in [0.1, 0.15) is 22.5 Å². The van der Waals surface area contributed by atoms with Crippen molar-refractivity contribution in [1.29, 1.82) is 0 Å². The first-order chi connectivity index (χ1) is 13.9. The molecule has 2 aromatic rings. The van der Waals surface area contributed by atoms with Crippen LogP contribution in [0.1, 0.15) is 41.8 Å². The van der Waals surface area contributed by atoms with Crippen LogP contribution in [0.5, 0.6) is 0 Å². The van der Waals surface area contributed by atoms with Gasteiger partial charge in [-0.2, -0.15) is 0 Å². The standard InChI is InChI=1S/C25H22O4/c1-4-11-24-14-16(3)15-25(12-5-2,23(24)28)22-20(21(24)27)18(26)13-19(29-22)17-9-7-6-8-10-17/h4-10,13H,1-3,11-12,14-15H2/t24-,25+/m1/s1. The average Bonchev–Trinajstić information content (AvgIpc) is 2.70. The third-order valence-corrected chi connectivity index (χ3v) is 6.06. The first kappa shape index (κ1) is 19.1. The summed E-state index contributed by atoms with van der Waals surface area (Å²) < 4.78 is 6.16. The first-order valence-corrected chi connectivity index (χ1v) is 9.62. The summed E-state index contributed by atoms with van der Waals surface area (Å²) >= 11 is 0. The normalized spacial score (nSPS) is 25.4. The molecule has 0 radical (unpaired) electrons. The maximum Gasteiger partial charge on any atom is 0.196 e. The van der Waals surface area contributed by atoms with E-state index in [1.807, 2.05) is 30.3 Å². The molecule has 1 aromatic carbocycles. The van der Waals surface area contributed by atoms with Crippen LogP contribution in [0.15, 0.2) is 83.1 Å². The lowest BCUT2D eigenvalue weighted by Gasteiger charge is -2.49. The van der Waals surface area contributed by atoms with Gasteiger partial charge in [0.25, 0.3) is 0 Å². The molecule has 146 valence electrons. The average molecular weight is 386 g/mol. The van der Waals surface area contributed by atoms with Crippen molar-refractivity contribution in [2.45, 2.75) is 31.1 Å². The number of ketones is 2. The highest BCUT2D eigenvalue weighted by Gasteiger charge is 2.64. The van der Waals surface area contributed by atoms with Gasteiger partial charge >= 0.3 is 0 Å². The lowest BCUT2D eigenvalue weighted by atomic mass is 9.50. The summed E-state index contributed by atoms with van der Waals surface area (Å²) in [6, 6.07) is 10.5. The number of Topliss-reactive ketones (excluding diaryl/α,β-unsaturated/α-hetero) is 2. The van der Waals surface area contributed by atoms with E-state index in [1.165, 1.54) is 6.07 Å². The molecule has 0 unspecified atom stereocenters. The Hall–Kier alpha value is -3.27. The van der Waals surface area contributed by atoms with E-state index in [1.54, 1.807) is 12.2 Å². The van der Waals surface area contributed by atoms with Gasteiger partial charge in [0, 0.05) is 11.6 Å². The Morgan fingerprint density at radius 2 is 1.59 bits per heavy atom. The Kier molecular flexibility index (Phi) is 4.38. The molecule has 1 saturated carbocycles. The summed E-state index contributed by atoms with van der Waals surface area (Å²) in [6.45, 7) is 11.7. The van der Waals surface area contributed by atoms with E-state index in [4.69, 9.17) is 4.42 Å². The third kappa shape index (κ3) is 2.55. The molecule has 2 bridgehead atoms. The van der Waals surface area contributed by atoms with Crippen molar-refractivity contribution < 1.29 is 14.0 Å². The molecule has 0 aliphatic heterocycles.